The van der Waals surface area contributed by atoms with Crippen molar-refractivity contribution >= 4 is 17.5 Å². The number of amides is 1. The van der Waals surface area contributed by atoms with Crippen LogP contribution in [0.25, 0.3) is 0 Å². The maximum absolute atomic E-state index is 12.5. The highest BCUT2D eigenvalue weighted by atomic mass is 35.5. The predicted molar refractivity (Wildman–Crippen MR) is 82.0 cm³/mol. The number of rotatable bonds is 6. The lowest BCUT2D eigenvalue weighted by molar-refractivity contribution is 0.0706. The fraction of sp³-hybridized carbons (Fsp3) is 0.562. The molecule has 0 radical (unpaired) electrons. The quantitative estimate of drug-likeness (QED) is 0.712. The Morgan fingerprint density at radius 2 is 1.74 bits per heavy atom. The van der Waals surface area contributed by atoms with Crippen molar-refractivity contribution in [2.24, 2.45) is 0 Å². The van der Waals surface area contributed by atoms with Gasteiger partial charge in [-0.15, -0.1) is 11.6 Å². The maximum atomic E-state index is 12.5. The van der Waals surface area contributed by atoms with Crippen molar-refractivity contribution in [2.45, 2.75) is 46.1 Å². The summed E-state index contributed by atoms with van der Waals surface area (Å²) in [7, 11) is 0. The van der Waals surface area contributed by atoms with Gasteiger partial charge in [-0.25, -0.2) is 0 Å². The van der Waals surface area contributed by atoms with Gasteiger partial charge in [0.1, 0.15) is 0 Å². The van der Waals surface area contributed by atoms with Gasteiger partial charge in [0.25, 0.3) is 5.91 Å². The number of nitrogens with zero attached hydrogens (tertiary/aromatic N) is 1. The van der Waals surface area contributed by atoms with Crippen LogP contribution < -0.4 is 0 Å². The third kappa shape index (κ3) is 4.54. The van der Waals surface area contributed by atoms with Gasteiger partial charge in [0.05, 0.1) is 0 Å². The number of hydrogen-bond donors (Lipinski definition) is 0. The van der Waals surface area contributed by atoms with E-state index in [0.29, 0.717) is 18.3 Å². The van der Waals surface area contributed by atoms with E-state index < -0.39 is 0 Å². The Morgan fingerprint density at radius 1 is 1.16 bits per heavy atom. The molecule has 0 aliphatic heterocycles. The average molecular weight is 282 g/mol. The highest BCUT2D eigenvalue weighted by molar-refractivity contribution is 6.17. The molecule has 1 aromatic rings. The molecule has 1 aromatic carbocycles. The summed E-state index contributed by atoms with van der Waals surface area (Å²) in [5.74, 6) is 1.17. The summed E-state index contributed by atoms with van der Waals surface area (Å²) >= 11 is 5.72. The maximum Gasteiger partial charge on any atom is 0.254 e. The van der Waals surface area contributed by atoms with Gasteiger partial charge in [0.2, 0.25) is 0 Å². The molecule has 0 saturated heterocycles. The first-order chi connectivity index (χ1) is 8.97. The summed E-state index contributed by atoms with van der Waals surface area (Å²) in [6.45, 7) is 9.09. The number of hydrogen-bond acceptors (Lipinski definition) is 1. The Morgan fingerprint density at radius 3 is 2.16 bits per heavy atom. The lowest BCUT2D eigenvalue weighted by Gasteiger charge is -2.26. The molecule has 1 rings (SSSR count). The summed E-state index contributed by atoms with van der Waals surface area (Å²) < 4.78 is 0. The van der Waals surface area contributed by atoms with E-state index in [0.717, 1.165) is 12.0 Å². The third-order valence-electron chi connectivity index (χ3n) is 3.24. The van der Waals surface area contributed by atoms with Gasteiger partial charge < -0.3 is 4.90 Å². The van der Waals surface area contributed by atoms with Gasteiger partial charge in [0, 0.05) is 24.0 Å². The molecular formula is C16H24ClNO. The Balaban J connectivity index is 2.84. The first-order valence-electron chi connectivity index (χ1n) is 6.94. The van der Waals surface area contributed by atoms with Crippen molar-refractivity contribution in [2.75, 3.05) is 12.4 Å². The Bertz CT molecular complexity index is 398. The zero-order chi connectivity index (χ0) is 14.4. The van der Waals surface area contributed by atoms with E-state index in [2.05, 4.69) is 13.8 Å². The Hall–Kier alpha value is -1.02. The molecule has 0 fully saturated rings. The highest BCUT2D eigenvalue weighted by Gasteiger charge is 2.18. The fourth-order valence-corrected chi connectivity index (χ4v) is 2.12. The Kier molecular flexibility index (Phi) is 6.36. The van der Waals surface area contributed by atoms with Crippen molar-refractivity contribution in [3.8, 4) is 0 Å². The second-order valence-corrected chi connectivity index (χ2v) is 5.79. The lowest BCUT2D eigenvalue weighted by atomic mass is 10.0. The molecule has 0 N–H and O–H groups in total. The summed E-state index contributed by atoms with van der Waals surface area (Å²) in [6.07, 6.45) is 0.829. The van der Waals surface area contributed by atoms with Crippen LogP contribution in [-0.2, 0) is 0 Å². The number of alkyl halides is 1. The van der Waals surface area contributed by atoms with Crippen LogP contribution in [0, 0.1) is 0 Å². The minimum absolute atomic E-state index is 0.0930. The van der Waals surface area contributed by atoms with E-state index in [9.17, 15) is 4.79 Å². The van der Waals surface area contributed by atoms with E-state index in [-0.39, 0.29) is 11.9 Å². The van der Waals surface area contributed by atoms with Crippen LogP contribution in [-0.4, -0.2) is 29.3 Å². The van der Waals surface area contributed by atoms with Crippen LogP contribution in [0.3, 0.4) is 0 Å². The van der Waals surface area contributed by atoms with E-state index >= 15 is 0 Å². The topological polar surface area (TPSA) is 20.3 Å². The number of carbonyl (C=O) groups excluding carboxylic acids is 1. The molecule has 106 valence electrons. The number of halogens is 1. The molecular weight excluding hydrogens is 258 g/mol. The van der Waals surface area contributed by atoms with Gasteiger partial charge in [-0.3, -0.25) is 4.79 Å². The van der Waals surface area contributed by atoms with Crippen molar-refractivity contribution in [1.82, 2.24) is 4.90 Å². The second kappa shape index (κ2) is 7.54. The van der Waals surface area contributed by atoms with Crippen LogP contribution in [0.15, 0.2) is 24.3 Å². The van der Waals surface area contributed by atoms with Crippen molar-refractivity contribution in [1.29, 1.82) is 0 Å². The SMILES string of the molecule is CC(C)c1ccc(C(=O)N(CCCCl)C(C)C)cc1. The van der Waals surface area contributed by atoms with Gasteiger partial charge >= 0.3 is 0 Å². The number of carbonyl (C=O) groups is 1. The van der Waals surface area contributed by atoms with Crippen LogP contribution in [0.5, 0.6) is 0 Å². The third-order valence-corrected chi connectivity index (χ3v) is 3.51. The van der Waals surface area contributed by atoms with E-state index in [4.69, 9.17) is 11.6 Å². The van der Waals surface area contributed by atoms with Crippen LogP contribution in [0.2, 0.25) is 0 Å². The Labute approximate surface area is 121 Å². The molecule has 0 saturated carbocycles. The molecule has 19 heavy (non-hydrogen) atoms. The lowest BCUT2D eigenvalue weighted by Crippen LogP contribution is -2.37. The fourth-order valence-electron chi connectivity index (χ4n) is 2.00. The van der Waals surface area contributed by atoms with Crippen molar-refractivity contribution in [3.63, 3.8) is 0 Å². The normalized spacial score (nSPS) is 11.1. The molecule has 0 aliphatic carbocycles. The summed E-state index contributed by atoms with van der Waals surface area (Å²) in [5, 5.41) is 0. The first-order valence-corrected chi connectivity index (χ1v) is 7.47. The highest BCUT2D eigenvalue weighted by Crippen LogP contribution is 2.16. The molecule has 3 heteroatoms. The summed E-state index contributed by atoms with van der Waals surface area (Å²) in [6, 6.07) is 8.12. The van der Waals surface area contributed by atoms with Crippen LogP contribution >= 0.6 is 11.6 Å². The summed E-state index contributed by atoms with van der Waals surface area (Å²) in [5.41, 5.74) is 2.01. The molecule has 1 amide bonds. The van der Waals surface area contributed by atoms with Gasteiger partial charge in [-0.1, -0.05) is 26.0 Å². The smallest absolute Gasteiger partial charge is 0.254 e. The monoisotopic (exact) mass is 281 g/mol. The van der Waals surface area contributed by atoms with E-state index in [1.165, 1.54) is 5.56 Å². The average Bonchev–Trinajstić information content (AvgIpc) is 2.38. The molecule has 0 atom stereocenters. The van der Waals surface area contributed by atoms with E-state index in [1.807, 2.05) is 43.0 Å². The molecule has 0 aliphatic rings. The predicted octanol–water partition coefficient (Wildman–Crippen LogP) is 4.29. The largest absolute Gasteiger partial charge is 0.336 e. The van der Waals surface area contributed by atoms with Crippen molar-refractivity contribution in [3.05, 3.63) is 35.4 Å². The second-order valence-electron chi connectivity index (χ2n) is 5.41. The van der Waals surface area contributed by atoms with Gasteiger partial charge in [0.15, 0.2) is 0 Å². The first kappa shape index (κ1) is 16.0. The van der Waals surface area contributed by atoms with Crippen molar-refractivity contribution < 1.29 is 4.79 Å². The molecule has 0 spiro atoms. The summed E-state index contributed by atoms with van der Waals surface area (Å²) in [4.78, 5) is 14.3. The van der Waals surface area contributed by atoms with Crippen LogP contribution in [0.4, 0.5) is 0 Å². The van der Waals surface area contributed by atoms with Crippen LogP contribution in [0.1, 0.15) is 56.0 Å². The van der Waals surface area contributed by atoms with Gasteiger partial charge in [-0.05, 0) is 43.9 Å². The minimum atomic E-state index is 0.0930. The number of benzene rings is 1. The zero-order valence-corrected chi connectivity index (χ0v) is 13.1. The molecule has 2 nitrogen and oxygen atoms in total. The molecule has 0 aromatic heterocycles. The van der Waals surface area contributed by atoms with E-state index in [1.54, 1.807) is 0 Å². The molecule has 0 heterocycles. The molecule has 0 bridgehead atoms. The van der Waals surface area contributed by atoms with Gasteiger partial charge in [-0.2, -0.15) is 0 Å². The molecule has 0 unspecified atom stereocenters. The standard InChI is InChI=1S/C16H24ClNO/c1-12(2)14-6-8-15(9-7-14)16(19)18(13(3)4)11-5-10-17/h6-9,12-13H,5,10-11H2,1-4H3. The zero-order valence-electron chi connectivity index (χ0n) is 12.3. The minimum Gasteiger partial charge on any atom is -0.336 e.